The third kappa shape index (κ3) is 7.48. The van der Waals surface area contributed by atoms with Gasteiger partial charge in [0.15, 0.2) is 0 Å². The van der Waals surface area contributed by atoms with Crippen LogP contribution in [-0.2, 0) is 14.4 Å². The van der Waals surface area contributed by atoms with Crippen LogP contribution in [0.2, 0.25) is 0 Å². The van der Waals surface area contributed by atoms with E-state index >= 15 is 0 Å². The van der Waals surface area contributed by atoms with E-state index in [1.807, 2.05) is 0 Å². The van der Waals surface area contributed by atoms with Crippen molar-refractivity contribution in [2.24, 2.45) is 5.92 Å². The quantitative estimate of drug-likeness (QED) is 0.555. The first-order valence-corrected chi connectivity index (χ1v) is 4.60. The molecule has 6 heteroatoms. The molecular formula is C9H14O6. The van der Waals surface area contributed by atoms with E-state index in [1.165, 1.54) is 0 Å². The Morgan fingerprint density at radius 2 is 1.40 bits per heavy atom. The summed E-state index contributed by atoms with van der Waals surface area (Å²) in [5.41, 5.74) is 0. The number of hydrogen-bond donors (Lipinski definition) is 3. The summed E-state index contributed by atoms with van der Waals surface area (Å²) in [5.74, 6) is -3.85. The Kier molecular flexibility index (Phi) is 6.08. The number of carboxylic acid groups (broad SMARTS) is 3. The summed E-state index contributed by atoms with van der Waals surface area (Å²) in [6, 6.07) is 0. The van der Waals surface area contributed by atoms with Crippen LogP contribution >= 0.6 is 0 Å². The molecule has 0 heterocycles. The van der Waals surface area contributed by atoms with Crippen molar-refractivity contribution in [2.75, 3.05) is 0 Å². The monoisotopic (exact) mass is 218 g/mol. The lowest BCUT2D eigenvalue weighted by Crippen LogP contribution is -2.15. The summed E-state index contributed by atoms with van der Waals surface area (Å²) in [6.45, 7) is 0. The van der Waals surface area contributed by atoms with Gasteiger partial charge in [0, 0.05) is 12.8 Å². The van der Waals surface area contributed by atoms with Gasteiger partial charge in [-0.1, -0.05) is 0 Å². The highest BCUT2D eigenvalue weighted by Crippen LogP contribution is 2.15. The molecule has 1 unspecified atom stereocenters. The minimum atomic E-state index is -1.07. The van der Waals surface area contributed by atoms with Gasteiger partial charge >= 0.3 is 17.9 Å². The van der Waals surface area contributed by atoms with E-state index in [4.69, 9.17) is 15.3 Å². The fraction of sp³-hybridized carbons (Fsp3) is 0.667. The number of rotatable bonds is 8. The van der Waals surface area contributed by atoms with Gasteiger partial charge in [-0.15, -0.1) is 0 Å². The van der Waals surface area contributed by atoms with Crippen molar-refractivity contribution in [2.45, 2.75) is 32.1 Å². The van der Waals surface area contributed by atoms with Crippen LogP contribution in [0, 0.1) is 5.92 Å². The van der Waals surface area contributed by atoms with Gasteiger partial charge in [-0.2, -0.15) is 0 Å². The molecular weight excluding hydrogens is 204 g/mol. The molecule has 1 atom stereocenters. The number of hydrogen-bond acceptors (Lipinski definition) is 3. The summed E-state index contributed by atoms with van der Waals surface area (Å²) in [5, 5.41) is 25.4. The van der Waals surface area contributed by atoms with E-state index in [9.17, 15) is 14.4 Å². The van der Waals surface area contributed by atoms with E-state index < -0.39 is 23.8 Å². The standard InChI is InChI=1S/C9H14O6/c10-7(11)3-1-2-6(9(14)15)4-5-8(12)13/h6H,1-5H2,(H,10,11)(H,12,13)(H,14,15). The average Bonchev–Trinajstić information content (AvgIpc) is 2.09. The second-order valence-corrected chi connectivity index (χ2v) is 3.25. The summed E-state index contributed by atoms with van der Waals surface area (Å²) in [4.78, 5) is 31.0. The average molecular weight is 218 g/mol. The Hall–Kier alpha value is -1.59. The summed E-state index contributed by atoms with van der Waals surface area (Å²) in [6.07, 6.45) is 0.214. The molecule has 0 bridgehead atoms. The van der Waals surface area contributed by atoms with Crippen molar-refractivity contribution >= 4 is 17.9 Å². The van der Waals surface area contributed by atoms with Gasteiger partial charge < -0.3 is 15.3 Å². The van der Waals surface area contributed by atoms with Gasteiger partial charge in [0.2, 0.25) is 0 Å². The number of carboxylic acids is 3. The lowest BCUT2D eigenvalue weighted by molar-refractivity contribution is -0.144. The van der Waals surface area contributed by atoms with Gasteiger partial charge in [-0.3, -0.25) is 14.4 Å². The Morgan fingerprint density at radius 1 is 0.867 bits per heavy atom. The molecule has 0 aliphatic rings. The molecule has 0 radical (unpaired) electrons. The topological polar surface area (TPSA) is 112 Å². The molecule has 0 aromatic heterocycles. The first kappa shape index (κ1) is 13.4. The maximum absolute atomic E-state index is 10.6. The molecule has 3 N–H and O–H groups in total. The van der Waals surface area contributed by atoms with E-state index in [0.717, 1.165) is 0 Å². The van der Waals surface area contributed by atoms with Crippen molar-refractivity contribution in [3.63, 3.8) is 0 Å². The molecule has 0 amide bonds. The van der Waals surface area contributed by atoms with Gasteiger partial charge in [-0.25, -0.2) is 0 Å². The van der Waals surface area contributed by atoms with E-state index in [2.05, 4.69) is 0 Å². The molecule has 0 aromatic carbocycles. The predicted molar refractivity (Wildman–Crippen MR) is 49.5 cm³/mol. The van der Waals surface area contributed by atoms with Crippen LogP contribution in [0.4, 0.5) is 0 Å². The van der Waals surface area contributed by atoms with Crippen LogP contribution in [0.1, 0.15) is 32.1 Å². The van der Waals surface area contributed by atoms with Gasteiger partial charge in [0.05, 0.1) is 5.92 Å². The van der Waals surface area contributed by atoms with Crippen molar-refractivity contribution < 1.29 is 29.7 Å². The molecule has 6 nitrogen and oxygen atoms in total. The maximum Gasteiger partial charge on any atom is 0.306 e. The normalized spacial score (nSPS) is 12.0. The zero-order valence-corrected chi connectivity index (χ0v) is 8.18. The molecule has 15 heavy (non-hydrogen) atoms. The fourth-order valence-corrected chi connectivity index (χ4v) is 1.19. The Morgan fingerprint density at radius 3 is 1.80 bits per heavy atom. The largest absolute Gasteiger partial charge is 0.481 e. The van der Waals surface area contributed by atoms with Crippen LogP contribution in [0.15, 0.2) is 0 Å². The molecule has 0 rings (SSSR count). The Bertz CT molecular complexity index is 247. The van der Waals surface area contributed by atoms with E-state index in [1.54, 1.807) is 0 Å². The van der Waals surface area contributed by atoms with Crippen LogP contribution in [-0.4, -0.2) is 33.2 Å². The van der Waals surface area contributed by atoms with Gasteiger partial charge in [-0.05, 0) is 19.3 Å². The minimum absolute atomic E-state index is 0.0459. The molecule has 86 valence electrons. The Labute approximate surface area is 86.5 Å². The highest BCUT2D eigenvalue weighted by molar-refractivity contribution is 5.72. The zero-order valence-electron chi connectivity index (χ0n) is 8.18. The van der Waals surface area contributed by atoms with Gasteiger partial charge in [0.25, 0.3) is 0 Å². The van der Waals surface area contributed by atoms with E-state index in [-0.39, 0.29) is 32.1 Å². The first-order valence-electron chi connectivity index (χ1n) is 4.60. The minimum Gasteiger partial charge on any atom is -0.481 e. The summed E-state index contributed by atoms with van der Waals surface area (Å²) < 4.78 is 0. The Balaban J connectivity index is 3.88. The predicted octanol–water partition coefficient (Wildman–Crippen LogP) is 0.807. The summed E-state index contributed by atoms with van der Waals surface area (Å²) in [7, 11) is 0. The SMILES string of the molecule is O=C(O)CCCC(CCC(=O)O)C(=O)O. The van der Waals surface area contributed by atoms with Crippen LogP contribution in [0.5, 0.6) is 0 Å². The van der Waals surface area contributed by atoms with Crippen molar-refractivity contribution in [3.8, 4) is 0 Å². The van der Waals surface area contributed by atoms with Crippen LogP contribution in [0.25, 0.3) is 0 Å². The number of aliphatic carboxylic acids is 3. The number of carbonyl (C=O) groups is 3. The van der Waals surface area contributed by atoms with Gasteiger partial charge in [0.1, 0.15) is 0 Å². The van der Waals surface area contributed by atoms with Crippen molar-refractivity contribution in [3.05, 3.63) is 0 Å². The third-order valence-electron chi connectivity index (χ3n) is 2.00. The molecule has 0 fully saturated rings. The lowest BCUT2D eigenvalue weighted by Gasteiger charge is -2.09. The van der Waals surface area contributed by atoms with Crippen LogP contribution < -0.4 is 0 Å². The molecule has 0 saturated carbocycles. The lowest BCUT2D eigenvalue weighted by atomic mass is 9.97. The second kappa shape index (κ2) is 6.80. The molecule has 0 aliphatic heterocycles. The van der Waals surface area contributed by atoms with Crippen LogP contribution in [0.3, 0.4) is 0 Å². The molecule has 0 aromatic rings. The molecule has 0 aliphatic carbocycles. The maximum atomic E-state index is 10.6. The molecule has 0 saturated heterocycles. The van der Waals surface area contributed by atoms with Crippen molar-refractivity contribution in [1.82, 2.24) is 0 Å². The third-order valence-corrected chi connectivity index (χ3v) is 2.00. The first-order chi connectivity index (χ1) is 6.93. The second-order valence-electron chi connectivity index (χ2n) is 3.25. The molecule has 0 spiro atoms. The van der Waals surface area contributed by atoms with Crippen molar-refractivity contribution in [1.29, 1.82) is 0 Å². The zero-order chi connectivity index (χ0) is 11.8. The summed E-state index contributed by atoms with van der Waals surface area (Å²) >= 11 is 0. The van der Waals surface area contributed by atoms with E-state index in [0.29, 0.717) is 0 Å². The fourth-order valence-electron chi connectivity index (χ4n) is 1.19. The highest BCUT2D eigenvalue weighted by atomic mass is 16.4. The highest BCUT2D eigenvalue weighted by Gasteiger charge is 2.18. The smallest absolute Gasteiger partial charge is 0.306 e.